The molecule has 1 aliphatic rings. The Morgan fingerprint density at radius 2 is 2.04 bits per heavy atom. The van der Waals surface area contributed by atoms with Crippen molar-refractivity contribution in [3.63, 3.8) is 0 Å². The summed E-state index contributed by atoms with van der Waals surface area (Å²) in [4.78, 5) is 33.7. The lowest BCUT2D eigenvalue weighted by Crippen LogP contribution is -2.43. The van der Waals surface area contributed by atoms with Crippen LogP contribution in [0, 0.1) is 10.1 Å². The zero-order valence-corrected chi connectivity index (χ0v) is 14.1. The van der Waals surface area contributed by atoms with Crippen LogP contribution in [0.3, 0.4) is 0 Å². The Kier molecular flexibility index (Phi) is 5.88. The van der Waals surface area contributed by atoms with E-state index in [9.17, 15) is 32.9 Å². The summed E-state index contributed by atoms with van der Waals surface area (Å²) in [7, 11) is 1.12. The van der Waals surface area contributed by atoms with Crippen molar-refractivity contribution in [2.75, 3.05) is 20.3 Å². The zero-order chi connectivity index (χ0) is 20.4. The average Bonchev–Trinajstić information content (AvgIpc) is 2.62. The molecule has 0 aliphatic carbocycles. The van der Waals surface area contributed by atoms with Crippen molar-refractivity contribution in [2.45, 2.75) is 25.2 Å². The molecule has 0 bridgehead atoms. The fraction of sp³-hybridized carbons (Fsp3) is 0.467. The molecule has 1 aliphatic heterocycles. The van der Waals surface area contributed by atoms with Crippen LogP contribution in [-0.4, -0.2) is 54.2 Å². The number of benzene rings is 1. The van der Waals surface area contributed by atoms with Crippen molar-refractivity contribution in [1.29, 1.82) is 0 Å². The fourth-order valence-corrected chi connectivity index (χ4v) is 2.58. The fourth-order valence-electron chi connectivity index (χ4n) is 2.58. The molecule has 0 radical (unpaired) electrons. The lowest BCUT2D eigenvalue weighted by molar-refractivity contribution is -0.386. The molecule has 1 unspecified atom stereocenters. The second-order valence-electron chi connectivity index (χ2n) is 5.76. The van der Waals surface area contributed by atoms with Gasteiger partial charge in [-0.15, -0.1) is 0 Å². The first-order valence-corrected chi connectivity index (χ1v) is 7.67. The Morgan fingerprint density at radius 1 is 1.37 bits per heavy atom. The number of nitrogens with two attached hydrogens (primary N) is 1. The number of nitrogens with zero attached hydrogens (tertiary/aromatic N) is 2. The van der Waals surface area contributed by atoms with Crippen molar-refractivity contribution >= 4 is 17.6 Å². The Balaban J connectivity index is 2.25. The molecule has 2 N–H and O–H groups in total. The van der Waals surface area contributed by atoms with Gasteiger partial charge in [-0.3, -0.25) is 19.7 Å². The highest BCUT2D eigenvalue weighted by atomic mass is 19.4. The summed E-state index contributed by atoms with van der Waals surface area (Å²) in [6, 6.07) is 1.21. The van der Waals surface area contributed by atoms with Crippen LogP contribution >= 0.6 is 0 Å². The van der Waals surface area contributed by atoms with Crippen LogP contribution in [0.15, 0.2) is 12.1 Å². The smallest absolute Gasteiger partial charge is 0.471 e. The quantitative estimate of drug-likeness (QED) is 0.449. The molecule has 0 fully saturated rings. The predicted molar refractivity (Wildman–Crippen MR) is 83.8 cm³/mol. The number of hydrogen-bond acceptors (Lipinski definition) is 7. The van der Waals surface area contributed by atoms with Gasteiger partial charge < -0.3 is 20.1 Å². The Bertz CT molecular complexity index is 768. The number of amides is 1. The maximum Gasteiger partial charge on any atom is 0.471 e. The highest BCUT2D eigenvalue weighted by Gasteiger charge is 2.43. The van der Waals surface area contributed by atoms with Gasteiger partial charge in [0.15, 0.2) is 5.75 Å². The first-order valence-electron chi connectivity index (χ1n) is 7.67. The summed E-state index contributed by atoms with van der Waals surface area (Å²) in [6.45, 7) is -0.980. The molecule has 0 aromatic heterocycles. The SMILES string of the molecule is COC(=O)C(N)COc1cc2c(cc1[N+](=O)[O-])CN(C(=O)C(F)(F)F)CC2. The van der Waals surface area contributed by atoms with Crippen molar-refractivity contribution in [1.82, 2.24) is 4.90 Å². The van der Waals surface area contributed by atoms with E-state index < -0.39 is 41.3 Å². The molecular formula is C15H16F3N3O6. The minimum atomic E-state index is -5.02. The maximum atomic E-state index is 12.6. The number of carbonyl (C=O) groups excluding carboxylic acids is 2. The van der Waals surface area contributed by atoms with Crippen molar-refractivity contribution in [3.8, 4) is 5.75 Å². The van der Waals surface area contributed by atoms with Gasteiger partial charge in [0.1, 0.15) is 12.6 Å². The third-order valence-electron chi connectivity index (χ3n) is 3.94. The van der Waals surface area contributed by atoms with E-state index >= 15 is 0 Å². The van der Waals surface area contributed by atoms with Crippen LogP contribution in [0.1, 0.15) is 11.1 Å². The van der Waals surface area contributed by atoms with Crippen LogP contribution in [0.4, 0.5) is 18.9 Å². The largest absolute Gasteiger partial charge is 0.485 e. The number of nitro groups is 1. The number of nitro benzene ring substituents is 1. The predicted octanol–water partition coefficient (Wildman–Crippen LogP) is 0.921. The molecule has 1 aromatic rings. The Labute approximate surface area is 151 Å². The van der Waals surface area contributed by atoms with Gasteiger partial charge in [0, 0.05) is 19.2 Å². The second kappa shape index (κ2) is 7.78. The summed E-state index contributed by atoms with van der Waals surface area (Å²) >= 11 is 0. The maximum absolute atomic E-state index is 12.6. The zero-order valence-electron chi connectivity index (χ0n) is 14.1. The molecule has 0 spiro atoms. The normalized spacial score (nSPS) is 14.9. The van der Waals surface area contributed by atoms with E-state index in [4.69, 9.17) is 10.5 Å². The molecular weight excluding hydrogens is 375 g/mol. The molecule has 1 atom stereocenters. The molecule has 0 saturated carbocycles. The number of methoxy groups -OCH3 is 1. The number of alkyl halides is 3. The molecule has 12 heteroatoms. The Hall–Kier alpha value is -2.89. The number of halogens is 3. The van der Waals surface area contributed by atoms with E-state index in [1.807, 2.05) is 0 Å². The van der Waals surface area contributed by atoms with Gasteiger partial charge in [-0.05, 0) is 23.6 Å². The van der Waals surface area contributed by atoms with Crippen LogP contribution < -0.4 is 10.5 Å². The van der Waals surface area contributed by atoms with Gasteiger partial charge in [-0.25, -0.2) is 0 Å². The molecule has 148 valence electrons. The Morgan fingerprint density at radius 3 is 2.59 bits per heavy atom. The van der Waals surface area contributed by atoms with Gasteiger partial charge in [-0.2, -0.15) is 13.2 Å². The summed E-state index contributed by atoms with van der Waals surface area (Å²) in [6.07, 6.45) is -4.95. The first kappa shape index (κ1) is 20.4. The van der Waals surface area contributed by atoms with Crippen LogP contribution in [0.2, 0.25) is 0 Å². The van der Waals surface area contributed by atoms with Crippen LogP contribution in [-0.2, 0) is 27.3 Å². The van der Waals surface area contributed by atoms with E-state index in [0.717, 1.165) is 13.2 Å². The van der Waals surface area contributed by atoms with Gasteiger partial charge >= 0.3 is 23.7 Å². The standard InChI is InChI=1S/C15H16F3N3O6/c1-26-13(22)10(19)7-27-12-5-8-2-3-20(14(23)15(16,17)18)6-9(8)4-11(12)21(24)25/h4-5,10H,2-3,6-7,19H2,1H3. The molecule has 1 heterocycles. The lowest BCUT2D eigenvalue weighted by Gasteiger charge is -2.29. The van der Waals surface area contributed by atoms with E-state index in [-0.39, 0.29) is 30.9 Å². The number of hydrogen-bond donors (Lipinski definition) is 1. The number of esters is 1. The topological polar surface area (TPSA) is 125 Å². The van der Waals surface area contributed by atoms with E-state index in [2.05, 4.69) is 4.74 Å². The number of rotatable bonds is 5. The molecule has 1 aromatic carbocycles. The van der Waals surface area contributed by atoms with Crippen molar-refractivity contribution in [2.24, 2.45) is 5.73 Å². The minimum absolute atomic E-state index is 0.0641. The molecule has 9 nitrogen and oxygen atoms in total. The third kappa shape index (κ3) is 4.64. The summed E-state index contributed by atoms with van der Waals surface area (Å²) in [5.74, 6) is -2.94. The molecule has 0 saturated heterocycles. The van der Waals surface area contributed by atoms with E-state index in [1.165, 1.54) is 6.07 Å². The third-order valence-corrected chi connectivity index (χ3v) is 3.94. The van der Waals surface area contributed by atoms with Gasteiger partial charge in [0.25, 0.3) is 0 Å². The van der Waals surface area contributed by atoms with Gasteiger partial charge in [0.05, 0.1) is 12.0 Å². The average molecular weight is 391 g/mol. The number of ether oxygens (including phenoxy) is 2. The summed E-state index contributed by atoms with van der Waals surface area (Å²) in [5, 5.41) is 11.3. The van der Waals surface area contributed by atoms with Crippen LogP contribution in [0.25, 0.3) is 0 Å². The monoisotopic (exact) mass is 391 g/mol. The minimum Gasteiger partial charge on any atom is -0.485 e. The van der Waals surface area contributed by atoms with Crippen molar-refractivity contribution in [3.05, 3.63) is 33.4 Å². The molecule has 27 heavy (non-hydrogen) atoms. The highest BCUT2D eigenvalue weighted by molar-refractivity contribution is 5.82. The van der Waals surface area contributed by atoms with Crippen molar-refractivity contribution < 1.29 is 37.2 Å². The summed E-state index contributed by atoms with van der Waals surface area (Å²) < 4.78 is 47.4. The molecule has 1 amide bonds. The second-order valence-corrected chi connectivity index (χ2v) is 5.76. The van der Waals surface area contributed by atoms with Crippen LogP contribution in [0.5, 0.6) is 5.75 Å². The van der Waals surface area contributed by atoms with E-state index in [1.54, 1.807) is 0 Å². The lowest BCUT2D eigenvalue weighted by atomic mass is 9.98. The van der Waals surface area contributed by atoms with Gasteiger partial charge in [-0.1, -0.05) is 0 Å². The number of fused-ring (bicyclic) bond motifs is 1. The first-order chi connectivity index (χ1) is 12.5. The van der Waals surface area contributed by atoms with Gasteiger partial charge in [0.2, 0.25) is 0 Å². The highest BCUT2D eigenvalue weighted by Crippen LogP contribution is 2.34. The summed E-state index contributed by atoms with van der Waals surface area (Å²) in [5.41, 5.74) is 5.73. The molecule has 2 rings (SSSR count). The number of carbonyl (C=O) groups is 2. The van der Waals surface area contributed by atoms with E-state index in [0.29, 0.717) is 10.5 Å².